The zero-order valence-electron chi connectivity index (χ0n) is 14.2. The van der Waals surface area contributed by atoms with Crippen LogP contribution in [0.3, 0.4) is 0 Å². The van der Waals surface area contributed by atoms with Crippen LogP contribution in [0.5, 0.6) is 11.5 Å². The number of rotatable bonds is 4. The van der Waals surface area contributed by atoms with E-state index in [9.17, 15) is 4.79 Å². The zero-order chi connectivity index (χ0) is 17.1. The Balaban J connectivity index is 1.30. The topological polar surface area (TPSA) is 50.8 Å². The summed E-state index contributed by atoms with van der Waals surface area (Å²) in [5, 5.41) is 2.95. The average molecular weight is 338 g/mol. The van der Waals surface area contributed by atoms with Gasteiger partial charge in [0.15, 0.2) is 11.5 Å². The fourth-order valence-electron chi connectivity index (χ4n) is 3.35. The molecule has 5 heteroatoms. The highest BCUT2D eigenvalue weighted by atomic mass is 16.6. The second kappa shape index (κ2) is 7.15. The number of ether oxygens (including phenoxy) is 2. The summed E-state index contributed by atoms with van der Waals surface area (Å²) in [6.45, 7) is 3.81. The van der Waals surface area contributed by atoms with Crippen molar-refractivity contribution in [1.29, 1.82) is 0 Å². The Kier molecular flexibility index (Phi) is 4.57. The summed E-state index contributed by atoms with van der Waals surface area (Å²) in [5.41, 5.74) is 3.55. The van der Waals surface area contributed by atoms with E-state index in [1.165, 1.54) is 11.1 Å². The highest BCUT2D eigenvalue weighted by molar-refractivity contribution is 5.91. The van der Waals surface area contributed by atoms with Crippen molar-refractivity contribution in [3.05, 3.63) is 53.6 Å². The van der Waals surface area contributed by atoms with E-state index in [1.54, 1.807) is 0 Å². The summed E-state index contributed by atoms with van der Waals surface area (Å²) < 4.78 is 11.0. The van der Waals surface area contributed by atoms with Crippen molar-refractivity contribution >= 4 is 11.6 Å². The number of hydrogen-bond acceptors (Lipinski definition) is 4. The van der Waals surface area contributed by atoms with Crippen LogP contribution in [0.15, 0.2) is 42.5 Å². The van der Waals surface area contributed by atoms with Crippen molar-refractivity contribution in [2.24, 2.45) is 0 Å². The van der Waals surface area contributed by atoms with Gasteiger partial charge in [-0.25, -0.2) is 0 Å². The minimum Gasteiger partial charge on any atom is -0.486 e. The first kappa shape index (κ1) is 16.0. The number of amides is 1. The molecule has 2 aromatic rings. The van der Waals surface area contributed by atoms with Gasteiger partial charge in [-0.15, -0.1) is 0 Å². The summed E-state index contributed by atoms with van der Waals surface area (Å²) >= 11 is 0. The molecule has 0 fully saturated rings. The number of hydrogen-bond donors (Lipinski definition) is 1. The van der Waals surface area contributed by atoms with Crippen molar-refractivity contribution in [2.75, 3.05) is 31.6 Å². The minimum absolute atomic E-state index is 0.0236. The van der Waals surface area contributed by atoms with E-state index in [2.05, 4.69) is 34.5 Å². The Morgan fingerprint density at radius 1 is 1.04 bits per heavy atom. The third-order valence-electron chi connectivity index (χ3n) is 4.69. The van der Waals surface area contributed by atoms with Crippen LogP contribution in [0.4, 0.5) is 5.69 Å². The Labute approximate surface area is 147 Å². The quantitative estimate of drug-likeness (QED) is 0.931. The molecule has 0 aromatic heterocycles. The molecular weight excluding hydrogens is 316 g/mol. The molecule has 0 spiro atoms. The Morgan fingerprint density at radius 3 is 2.72 bits per heavy atom. The normalized spacial score (nSPS) is 16.2. The smallest absolute Gasteiger partial charge is 0.225 e. The van der Waals surface area contributed by atoms with Crippen LogP contribution < -0.4 is 14.8 Å². The van der Waals surface area contributed by atoms with Crippen molar-refractivity contribution in [3.8, 4) is 11.5 Å². The molecule has 25 heavy (non-hydrogen) atoms. The van der Waals surface area contributed by atoms with Gasteiger partial charge in [-0.05, 0) is 29.7 Å². The van der Waals surface area contributed by atoms with E-state index in [0.717, 1.165) is 37.5 Å². The fraction of sp³-hybridized carbons (Fsp3) is 0.350. The summed E-state index contributed by atoms with van der Waals surface area (Å²) in [6, 6.07) is 14.1. The van der Waals surface area contributed by atoms with E-state index >= 15 is 0 Å². The number of anilines is 1. The van der Waals surface area contributed by atoms with Crippen LogP contribution in [0, 0.1) is 0 Å². The third kappa shape index (κ3) is 3.77. The molecule has 2 aromatic carbocycles. The van der Waals surface area contributed by atoms with Gasteiger partial charge < -0.3 is 14.8 Å². The molecule has 2 aliphatic heterocycles. The number of fused-ring (bicyclic) bond motifs is 2. The van der Waals surface area contributed by atoms with Crippen molar-refractivity contribution in [3.63, 3.8) is 0 Å². The Bertz CT molecular complexity index is 775. The largest absolute Gasteiger partial charge is 0.486 e. The molecular formula is C20H22N2O3. The van der Waals surface area contributed by atoms with Crippen LogP contribution in [0.1, 0.15) is 17.5 Å². The van der Waals surface area contributed by atoms with Crippen LogP contribution in [0.2, 0.25) is 0 Å². The monoisotopic (exact) mass is 338 g/mol. The molecule has 5 nitrogen and oxygen atoms in total. The Hall–Kier alpha value is -2.53. The first-order valence-electron chi connectivity index (χ1n) is 8.76. The molecule has 4 rings (SSSR count). The summed E-state index contributed by atoms with van der Waals surface area (Å²) in [4.78, 5) is 14.6. The lowest BCUT2D eigenvalue weighted by atomic mass is 10.00. The lowest BCUT2D eigenvalue weighted by molar-refractivity contribution is -0.116. The number of nitrogens with one attached hydrogen (secondary N) is 1. The van der Waals surface area contributed by atoms with Crippen molar-refractivity contribution in [1.82, 2.24) is 4.90 Å². The van der Waals surface area contributed by atoms with E-state index in [1.807, 2.05) is 18.2 Å². The first-order valence-corrected chi connectivity index (χ1v) is 8.76. The molecule has 0 aliphatic carbocycles. The maximum Gasteiger partial charge on any atom is 0.225 e. The van der Waals surface area contributed by atoms with Gasteiger partial charge in [0, 0.05) is 37.8 Å². The predicted molar refractivity (Wildman–Crippen MR) is 96.1 cm³/mol. The molecule has 1 N–H and O–H groups in total. The van der Waals surface area contributed by atoms with E-state index in [4.69, 9.17) is 9.47 Å². The van der Waals surface area contributed by atoms with E-state index in [-0.39, 0.29) is 5.91 Å². The first-order chi connectivity index (χ1) is 12.3. The van der Waals surface area contributed by atoms with Gasteiger partial charge in [0.05, 0.1) is 0 Å². The highest BCUT2D eigenvalue weighted by Crippen LogP contribution is 2.32. The zero-order valence-corrected chi connectivity index (χ0v) is 14.2. The molecule has 0 radical (unpaired) electrons. The van der Waals surface area contributed by atoms with E-state index in [0.29, 0.717) is 25.4 Å². The number of carbonyl (C=O) groups is 1. The summed E-state index contributed by atoms with van der Waals surface area (Å²) in [6.07, 6.45) is 1.54. The minimum atomic E-state index is 0.0236. The number of nitrogens with zero attached hydrogens (tertiary/aromatic N) is 1. The maximum atomic E-state index is 12.3. The molecule has 0 saturated carbocycles. The van der Waals surface area contributed by atoms with Gasteiger partial charge in [0.2, 0.25) is 5.91 Å². The third-order valence-corrected chi connectivity index (χ3v) is 4.69. The van der Waals surface area contributed by atoms with E-state index < -0.39 is 0 Å². The van der Waals surface area contributed by atoms with Crippen LogP contribution >= 0.6 is 0 Å². The van der Waals surface area contributed by atoms with Crippen LogP contribution in [-0.2, 0) is 17.8 Å². The van der Waals surface area contributed by atoms with Gasteiger partial charge in [-0.3, -0.25) is 9.69 Å². The van der Waals surface area contributed by atoms with Crippen LogP contribution in [0.25, 0.3) is 0 Å². The van der Waals surface area contributed by atoms with Gasteiger partial charge >= 0.3 is 0 Å². The highest BCUT2D eigenvalue weighted by Gasteiger charge is 2.17. The standard InChI is InChI=1S/C20H22N2O3/c23-20(21-17-5-6-18-19(13-17)25-12-11-24-18)8-10-22-9-7-15-3-1-2-4-16(15)14-22/h1-6,13H,7-12,14H2,(H,21,23). The molecule has 2 heterocycles. The molecule has 0 saturated heterocycles. The molecule has 0 atom stereocenters. The lowest BCUT2D eigenvalue weighted by Gasteiger charge is -2.28. The second-order valence-corrected chi connectivity index (χ2v) is 6.45. The molecule has 0 unspecified atom stereocenters. The lowest BCUT2D eigenvalue weighted by Crippen LogP contribution is -2.33. The molecule has 1 amide bonds. The van der Waals surface area contributed by atoms with Crippen molar-refractivity contribution in [2.45, 2.75) is 19.4 Å². The second-order valence-electron chi connectivity index (χ2n) is 6.45. The average Bonchev–Trinajstić information content (AvgIpc) is 2.66. The van der Waals surface area contributed by atoms with Gasteiger partial charge in [-0.1, -0.05) is 24.3 Å². The predicted octanol–water partition coefficient (Wildman–Crippen LogP) is 2.84. The fourth-order valence-corrected chi connectivity index (χ4v) is 3.35. The summed E-state index contributed by atoms with van der Waals surface area (Å²) in [7, 11) is 0. The van der Waals surface area contributed by atoms with Gasteiger partial charge in [0.1, 0.15) is 13.2 Å². The SMILES string of the molecule is O=C(CCN1CCc2ccccc2C1)Nc1ccc2c(c1)OCCO2. The Morgan fingerprint density at radius 2 is 1.84 bits per heavy atom. The van der Waals surface area contributed by atoms with Crippen LogP contribution in [-0.4, -0.2) is 37.1 Å². The van der Waals surface area contributed by atoms with Gasteiger partial charge in [-0.2, -0.15) is 0 Å². The van der Waals surface area contributed by atoms with Gasteiger partial charge in [0.25, 0.3) is 0 Å². The number of carbonyl (C=O) groups excluding carboxylic acids is 1. The summed E-state index contributed by atoms with van der Waals surface area (Å²) in [5.74, 6) is 1.45. The molecule has 2 aliphatic rings. The number of benzene rings is 2. The molecule has 130 valence electrons. The van der Waals surface area contributed by atoms with Crippen molar-refractivity contribution < 1.29 is 14.3 Å². The maximum absolute atomic E-state index is 12.3. The molecule has 0 bridgehead atoms.